The quantitative estimate of drug-likeness (QED) is 0.721. The van der Waals surface area contributed by atoms with E-state index >= 15 is 0 Å². The van der Waals surface area contributed by atoms with Crippen LogP contribution in [0.1, 0.15) is 16.8 Å². The fourth-order valence-electron chi connectivity index (χ4n) is 1.92. The largest absolute Gasteiger partial charge is 0.480 e. The minimum Gasteiger partial charge on any atom is -0.480 e. The highest BCUT2D eigenvalue weighted by molar-refractivity contribution is 5.96. The molecule has 0 saturated carbocycles. The van der Waals surface area contributed by atoms with E-state index in [4.69, 9.17) is 5.11 Å². The normalized spacial score (nSPS) is 23.1. The van der Waals surface area contributed by atoms with Crippen LogP contribution in [0.3, 0.4) is 0 Å². The summed E-state index contributed by atoms with van der Waals surface area (Å²) in [5.41, 5.74) is -0.516. The highest BCUT2D eigenvalue weighted by atomic mass is 16.4. The summed E-state index contributed by atoms with van der Waals surface area (Å²) in [4.78, 5) is 34.8. The molecule has 1 aliphatic rings. The van der Waals surface area contributed by atoms with Gasteiger partial charge in [0, 0.05) is 19.0 Å². The Balaban J connectivity index is 2.25. The molecule has 2 rings (SSSR count). The van der Waals surface area contributed by atoms with Crippen molar-refractivity contribution in [2.24, 2.45) is 0 Å². The molecule has 1 aromatic heterocycles. The van der Waals surface area contributed by atoms with E-state index in [0.717, 1.165) is 17.2 Å². The van der Waals surface area contributed by atoms with E-state index in [1.807, 2.05) is 0 Å². The summed E-state index contributed by atoms with van der Waals surface area (Å²) in [6.07, 6.45) is 0.123. The van der Waals surface area contributed by atoms with Crippen molar-refractivity contribution in [3.8, 4) is 0 Å². The zero-order valence-electron chi connectivity index (χ0n) is 9.28. The van der Waals surface area contributed by atoms with Gasteiger partial charge in [0.15, 0.2) is 0 Å². The molecule has 2 N–H and O–H groups in total. The van der Waals surface area contributed by atoms with Gasteiger partial charge in [-0.25, -0.2) is 9.59 Å². The number of carboxylic acid groups (broad SMARTS) is 1. The van der Waals surface area contributed by atoms with Crippen LogP contribution in [0.15, 0.2) is 27.6 Å². The summed E-state index contributed by atoms with van der Waals surface area (Å²) in [6.45, 7) is -0.0467. The van der Waals surface area contributed by atoms with Gasteiger partial charge in [0.05, 0.1) is 11.7 Å². The first kappa shape index (κ1) is 12.3. The molecule has 2 atom stereocenters. The second-order valence-electron chi connectivity index (χ2n) is 4.04. The van der Waals surface area contributed by atoms with Gasteiger partial charge in [-0.2, -0.15) is 0 Å². The van der Waals surface area contributed by atoms with Gasteiger partial charge in [-0.15, -0.1) is 0 Å². The Labute approximate surface area is 101 Å². The second kappa shape index (κ2) is 4.61. The Hall–Kier alpha value is -2.15. The number of hydrogen-bond donors (Lipinski definition) is 2. The molecule has 18 heavy (non-hydrogen) atoms. The number of aliphatic hydroxyl groups excluding tert-OH is 1. The summed E-state index contributed by atoms with van der Waals surface area (Å²) in [5.74, 6) is -1.75. The first-order chi connectivity index (χ1) is 8.49. The van der Waals surface area contributed by atoms with Gasteiger partial charge in [0.25, 0.3) is 5.91 Å². The lowest BCUT2D eigenvalue weighted by Gasteiger charge is -2.20. The molecule has 7 heteroatoms. The van der Waals surface area contributed by atoms with Gasteiger partial charge < -0.3 is 19.5 Å². The predicted molar refractivity (Wildman–Crippen MR) is 58.1 cm³/mol. The SMILES string of the molecule is O=C(O)[C@@H]1C[C@H](O)CN1C(=O)c1ccc(=O)oc1. The summed E-state index contributed by atoms with van der Waals surface area (Å²) < 4.78 is 4.55. The topological polar surface area (TPSA) is 108 Å². The fraction of sp³-hybridized carbons (Fsp3) is 0.364. The van der Waals surface area contributed by atoms with Gasteiger partial charge in [-0.1, -0.05) is 0 Å². The number of carbonyl (C=O) groups is 2. The summed E-state index contributed by atoms with van der Waals surface area (Å²) >= 11 is 0. The van der Waals surface area contributed by atoms with E-state index in [9.17, 15) is 19.5 Å². The van der Waals surface area contributed by atoms with Gasteiger partial charge in [0.1, 0.15) is 12.3 Å². The third kappa shape index (κ3) is 2.25. The fourth-order valence-corrected chi connectivity index (χ4v) is 1.92. The van der Waals surface area contributed by atoms with E-state index < -0.39 is 29.6 Å². The molecule has 1 saturated heterocycles. The highest BCUT2D eigenvalue weighted by Gasteiger charge is 2.39. The molecule has 2 heterocycles. The van der Waals surface area contributed by atoms with Crippen molar-refractivity contribution in [2.75, 3.05) is 6.54 Å². The van der Waals surface area contributed by atoms with Crippen LogP contribution in [0.25, 0.3) is 0 Å². The number of carbonyl (C=O) groups excluding carboxylic acids is 1. The van der Waals surface area contributed by atoms with Crippen molar-refractivity contribution >= 4 is 11.9 Å². The number of aliphatic hydroxyl groups is 1. The number of carboxylic acids is 1. The van der Waals surface area contributed by atoms with Crippen LogP contribution in [0.5, 0.6) is 0 Å². The predicted octanol–water partition coefficient (Wildman–Crippen LogP) is -0.700. The van der Waals surface area contributed by atoms with Crippen molar-refractivity contribution in [1.29, 1.82) is 0 Å². The van der Waals surface area contributed by atoms with Gasteiger partial charge >= 0.3 is 11.6 Å². The van der Waals surface area contributed by atoms with Crippen molar-refractivity contribution in [2.45, 2.75) is 18.6 Å². The number of likely N-dealkylation sites (tertiary alicyclic amines) is 1. The van der Waals surface area contributed by atoms with Gasteiger partial charge in [-0.05, 0) is 6.07 Å². The Morgan fingerprint density at radius 1 is 1.39 bits per heavy atom. The van der Waals surface area contributed by atoms with Crippen molar-refractivity contribution < 1.29 is 24.2 Å². The van der Waals surface area contributed by atoms with E-state index in [-0.39, 0.29) is 18.5 Å². The number of aliphatic carboxylic acids is 1. The molecule has 0 bridgehead atoms. The monoisotopic (exact) mass is 253 g/mol. The maximum absolute atomic E-state index is 12.0. The third-order valence-electron chi connectivity index (χ3n) is 2.77. The van der Waals surface area contributed by atoms with Crippen LogP contribution in [0.4, 0.5) is 0 Å². The molecule has 0 radical (unpaired) electrons. The molecular weight excluding hydrogens is 242 g/mol. The number of hydrogen-bond acceptors (Lipinski definition) is 5. The zero-order chi connectivity index (χ0) is 13.3. The molecule has 0 aromatic carbocycles. The Morgan fingerprint density at radius 2 is 2.11 bits per heavy atom. The minimum absolute atomic E-state index is 0.00213. The van der Waals surface area contributed by atoms with E-state index in [2.05, 4.69) is 4.42 Å². The number of rotatable bonds is 2. The summed E-state index contributed by atoms with van der Waals surface area (Å²) in [5, 5.41) is 18.4. The Kier molecular flexibility index (Phi) is 3.15. The molecule has 1 aromatic rings. The third-order valence-corrected chi connectivity index (χ3v) is 2.77. The van der Waals surface area contributed by atoms with Crippen molar-refractivity contribution in [3.05, 3.63) is 34.4 Å². The van der Waals surface area contributed by atoms with Gasteiger partial charge in [0.2, 0.25) is 0 Å². The number of nitrogens with zero attached hydrogens (tertiary/aromatic N) is 1. The molecule has 0 aliphatic carbocycles. The lowest BCUT2D eigenvalue weighted by atomic mass is 10.2. The van der Waals surface area contributed by atoms with Crippen LogP contribution in [0.2, 0.25) is 0 Å². The maximum atomic E-state index is 12.0. The number of β-amino-alcohol motifs (C(OH)–C–C–N with tert-alkyl or cyclic N) is 1. The first-order valence-electron chi connectivity index (χ1n) is 5.29. The Bertz CT molecular complexity index is 516. The smallest absolute Gasteiger partial charge is 0.335 e. The average Bonchev–Trinajstić information content (AvgIpc) is 2.71. The molecule has 1 aliphatic heterocycles. The minimum atomic E-state index is -1.17. The molecule has 96 valence electrons. The first-order valence-corrected chi connectivity index (χ1v) is 5.29. The lowest BCUT2D eigenvalue weighted by Crippen LogP contribution is -2.40. The van der Waals surface area contributed by atoms with E-state index in [0.29, 0.717) is 0 Å². The zero-order valence-corrected chi connectivity index (χ0v) is 9.28. The summed E-state index contributed by atoms with van der Waals surface area (Å²) in [6, 6.07) is 1.28. The van der Waals surface area contributed by atoms with E-state index in [1.54, 1.807) is 0 Å². The second-order valence-corrected chi connectivity index (χ2v) is 4.04. The van der Waals surface area contributed by atoms with Crippen LogP contribution >= 0.6 is 0 Å². The molecule has 0 spiro atoms. The van der Waals surface area contributed by atoms with Crippen LogP contribution in [0, 0.1) is 0 Å². The van der Waals surface area contributed by atoms with Crippen LogP contribution < -0.4 is 5.63 Å². The maximum Gasteiger partial charge on any atom is 0.335 e. The van der Waals surface area contributed by atoms with Crippen LogP contribution in [-0.4, -0.2) is 45.7 Å². The van der Waals surface area contributed by atoms with E-state index in [1.165, 1.54) is 6.07 Å². The lowest BCUT2D eigenvalue weighted by molar-refractivity contribution is -0.141. The molecule has 1 amide bonds. The molecular formula is C11H11NO6. The highest BCUT2D eigenvalue weighted by Crippen LogP contribution is 2.20. The standard InChI is InChI=1S/C11H11NO6/c13-7-3-8(11(16)17)12(4-7)10(15)6-1-2-9(14)18-5-6/h1-2,5,7-8,13H,3-4H2,(H,16,17)/t7-,8-/m0/s1. The Morgan fingerprint density at radius 3 is 2.67 bits per heavy atom. The molecule has 7 nitrogen and oxygen atoms in total. The average molecular weight is 253 g/mol. The summed E-state index contributed by atoms with van der Waals surface area (Å²) in [7, 11) is 0. The van der Waals surface area contributed by atoms with Gasteiger partial charge in [-0.3, -0.25) is 4.79 Å². The van der Waals surface area contributed by atoms with Crippen molar-refractivity contribution in [3.63, 3.8) is 0 Å². The number of amides is 1. The van der Waals surface area contributed by atoms with Crippen molar-refractivity contribution in [1.82, 2.24) is 4.90 Å². The molecule has 0 unspecified atom stereocenters. The van der Waals surface area contributed by atoms with Crippen LogP contribution in [-0.2, 0) is 4.79 Å². The molecule has 1 fully saturated rings.